The van der Waals surface area contributed by atoms with Crippen molar-refractivity contribution in [3.8, 4) is 5.75 Å². The van der Waals surface area contributed by atoms with Gasteiger partial charge in [-0.1, -0.05) is 18.2 Å². The monoisotopic (exact) mass is 365 g/mol. The van der Waals surface area contributed by atoms with Crippen LogP contribution in [0.25, 0.3) is 0 Å². The molecule has 1 fully saturated rings. The summed E-state index contributed by atoms with van der Waals surface area (Å²) in [4.78, 5) is 17.4. The molecule has 1 amide bonds. The summed E-state index contributed by atoms with van der Waals surface area (Å²) in [5, 5.41) is 12.8. The molecular weight excluding hydrogens is 338 g/mol. The van der Waals surface area contributed by atoms with E-state index in [1.54, 1.807) is 18.2 Å². The second-order valence-corrected chi connectivity index (χ2v) is 7.67. The van der Waals surface area contributed by atoms with Crippen molar-refractivity contribution in [2.45, 2.75) is 25.3 Å². The van der Waals surface area contributed by atoms with Crippen LogP contribution in [0.4, 0.5) is 5.69 Å². The number of carbonyl (C=O) groups excluding carboxylic acids is 1. The van der Waals surface area contributed by atoms with Crippen molar-refractivity contribution in [2.75, 3.05) is 38.1 Å². The third kappa shape index (κ3) is 3.93. The molecule has 0 unspecified atom stereocenters. The number of rotatable bonds is 3. The van der Waals surface area contributed by atoms with E-state index in [1.165, 1.54) is 22.9 Å². The van der Waals surface area contributed by atoms with Gasteiger partial charge in [0.05, 0.1) is 0 Å². The zero-order valence-corrected chi connectivity index (χ0v) is 15.8. The van der Waals surface area contributed by atoms with Crippen LogP contribution in [-0.4, -0.2) is 55.2 Å². The van der Waals surface area contributed by atoms with Crippen LogP contribution < -0.4 is 10.2 Å². The first-order chi connectivity index (χ1) is 13.1. The van der Waals surface area contributed by atoms with Crippen LogP contribution in [0.5, 0.6) is 5.75 Å². The molecule has 1 saturated heterocycles. The number of likely N-dealkylation sites (N-methyl/N-ethyl adjacent to an activating group) is 1. The highest BCUT2D eigenvalue weighted by Crippen LogP contribution is 2.31. The molecule has 142 valence electrons. The summed E-state index contributed by atoms with van der Waals surface area (Å²) in [6, 6.07) is 13.3. The van der Waals surface area contributed by atoms with Crippen molar-refractivity contribution in [1.29, 1.82) is 0 Å². The van der Waals surface area contributed by atoms with Crippen molar-refractivity contribution >= 4 is 11.6 Å². The molecule has 0 aromatic heterocycles. The summed E-state index contributed by atoms with van der Waals surface area (Å²) in [5.41, 5.74) is 4.63. The SMILES string of the molecule is CN1CCN(c2cccc3c2C[C@H](NC(=O)c2cccc(O)c2)CC3)CC1. The van der Waals surface area contributed by atoms with Crippen LogP contribution in [0.3, 0.4) is 0 Å². The third-order valence-electron chi connectivity index (χ3n) is 5.75. The molecule has 4 rings (SSSR count). The number of nitrogens with zero attached hydrogens (tertiary/aromatic N) is 2. The van der Waals surface area contributed by atoms with Crippen LogP contribution in [0.15, 0.2) is 42.5 Å². The molecule has 0 spiro atoms. The van der Waals surface area contributed by atoms with Gasteiger partial charge in [0.1, 0.15) is 5.75 Å². The molecule has 1 aliphatic carbocycles. The number of carbonyl (C=O) groups is 1. The van der Waals surface area contributed by atoms with E-state index in [0.717, 1.165) is 45.4 Å². The lowest BCUT2D eigenvalue weighted by Gasteiger charge is -2.37. The fourth-order valence-corrected chi connectivity index (χ4v) is 4.15. The van der Waals surface area contributed by atoms with Gasteiger partial charge in [0.2, 0.25) is 0 Å². The Bertz CT molecular complexity index is 828. The molecule has 0 saturated carbocycles. The van der Waals surface area contributed by atoms with E-state index in [0.29, 0.717) is 5.56 Å². The molecule has 0 bridgehead atoms. The summed E-state index contributed by atoms with van der Waals surface area (Å²) in [6.07, 6.45) is 2.80. The Labute approximate surface area is 160 Å². The van der Waals surface area contributed by atoms with Crippen molar-refractivity contribution in [3.05, 3.63) is 59.2 Å². The van der Waals surface area contributed by atoms with Gasteiger partial charge >= 0.3 is 0 Å². The lowest BCUT2D eigenvalue weighted by atomic mass is 9.86. The number of anilines is 1. The maximum absolute atomic E-state index is 12.6. The van der Waals surface area contributed by atoms with Crippen LogP contribution in [0.2, 0.25) is 0 Å². The first kappa shape index (κ1) is 17.9. The molecule has 1 heterocycles. The van der Waals surface area contributed by atoms with Gasteiger partial charge in [-0.3, -0.25) is 4.79 Å². The van der Waals surface area contributed by atoms with Gasteiger partial charge in [-0.05, 0) is 61.7 Å². The molecule has 0 radical (unpaired) electrons. The summed E-state index contributed by atoms with van der Waals surface area (Å²) in [6.45, 7) is 4.27. The highest BCUT2D eigenvalue weighted by atomic mass is 16.3. The Kier molecular flexibility index (Phi) is 5.03. The standard InChI is InChI=1S/C22H27N3O2/c1-24-10-12-25(13-11-24)21-7-3-4-16-8-9-18(15-20(16)21)23-22(27)17-5-2-6-19(26)14-17/h2-7,14,18,26H,8-13,15H2,1H3,(H,23,27)/t18-/m1/s1. The number of fused-ring (bicyclic) bond motifs is 1. The van der Waals surface area contributed by atoms with E-state index < -0.39 is 0 Å². The Morgan fingerprint density at radius 1 is 1.11 bits per heavy atom. The van der Waals surface area contributed by atoms with E-state index in [1.807, 2.05) is 0 Å². The summed E-state index contributed by atoms with van der Waals surface area (Å²) in [5.74, 6) is 0.00502. The number of piperazine rings is 1. The molecular formula is C22H27N3O2. The van der Waals surface area contributed by atoms with Gasteiger partial charge in [0.15, 0.2) is 0 Å². The number of phenolic OH excluding ortho intramolecular Hbond substituents is 1. The summed E-state index contributed by atoms with van der Waals surface area (Å²) < 4.78 is 0. The zero-order chi connectivity index (χ0) is 18.8. The van der Waals surface area contributed by atoms with E-state index in [4.69, 9.17) is 0 Å². The third-order valence-corrected chi connectivity index (χ3v) is 5.75. The normalized spacial score (nSPS) is 20.2. The Morgan fingerprint density at radius 2 is 1.89 bits per heavy atom. The minimum atomic E-state index is -0.114. The van der Waals surface area contributed by atoms with E-state index in [2.05, 4.69) is 40.4 Å². The molecule has 27 heavy (non-hydrogen) atoms. The highest BCUT2D eigenvalue weighted by molar-refractivity contribution is 5.94. The molecule has 2 aromatic rings. The van der Waals surface area contributed by atoms with Gasteiger partial charge in [-0.2, -0.15) is 0 Å². The summed E-state index contributed by atoms with van der Waals surface area (Å²) in [7, 11) is 2.17. The van der Waals surface area contributed by atoms with Gasteiger partial charge in [0, 0.05) is 43.5 Å². The van der Waals surface area contributed by atoms with E-state index >= 15 is 0 Å². The van der Waals surface area contributed by atoms with E-state index in [-0.39, 0.29) is 17.7 Å². The maximum atomic E-state index is 12.6. The van der Waals surface area contributed by atoms with Crippen LogP contribution >= 0.6 is 0 Å². The molecule has 1 atom stereocenters. The van der Waals surface area contributed by atoms with Crippen molar-refractivity contribution in [3.63, 3.8) is 0 Å². The molecule has 5 nitrogen and oxygen atoms in total. The van der Waals surface area contributed by atoms with Crippen molar-refractivity contribution in [1.82, 2.24) is 10.2 Å². The number of hydrogen-bond acceptors (Lipinski definition) is 4. The van der Waals surface area contributed by atoms with Gasteiger partial charge in [0.25, 0.3) is 5.91 Å². The average molecular weight is 365 g/mol. The lowest BCUT2D eigenvalue weighted by molar-refractivity contribution is 0.0933. The predicted molar refractivity (Wildman–Crippen MR) is 108 cm³/mol. The molecule has 1 aliphatic heterocycles. The smallest absolute Gasteiger partial charge is 0.251 e. The lowest BCUT2D eigenvalue weighted by Crippen LogP contribution is -2.45. The fraction of sp³-hybridized carbons (Fsp3) is 0.409. The average Bonchev–Trinajstić information content (AvgIpc) is 2.68. The number of benzene rings is 2. The minimum Gasteiger partial charge on any atom is -0.508 e. The minimum absolute atomic E-state index is 0.114. The summed E-state index contributed by atoms with van der Waals surface area (Å²) >= 11 is 0. The number of hydrogen-bond donors (Lipinski definition) is 2. The number of nitrogens with one attached hydrogen (secondary N) is 1. The molecule has 2 N–H and O–H groups in total. The van der Waals surface area contributed by atoms with Gasteiger partial charge in [-0.15, -0.1) is 0 Å². The van der Waals surface area contributed by atoms with Crippen LogP contribution in [-0.2, 0) is 12.8 Å². The first-order valence-corrected chi connectivity index (χ1v) is 9.74. The fourth-order valence-electron chi connectivity index (χ4n) is 4.15. The molecule has 2 aliphatic rings. The largest absolute Gasteiger partial charge is 0.508 e. The van der Waals surface area contributed by atoms with Gasteiger partial charge in [-0.25, -0.2) is 0 Å². The van der Waals surface area contributed by atoms with Crippen molar-refractivity contribution in [2.24, 2.45) is 0 Å². The number of amides is 1. The Balaban J connectivity index is 1.50. The molecule has 2 aromatic carbocycles. The quantitative estimate of drug-likeness (QED) is 0.877. The zero-order valence-electron chi connectivity index (χ0n) is 15.8. The predicted octanol–water partition coefficient (Wildman–Crippen LogP) is 2.43. The Morgan fingerprint density at radius 3 is 2.67 bits per heavy atom. The number of phenols is 1. The number of aromatic hydroxyl groups is 1. The molecule has 5 heteroatoms. The van der Waals surface area contributed by atoms with Crippen molar-refractivity contribution < 1.29 is 9.90 Å². The second-order valence-electron chi connectivity index (χ2n) is 7.67. The van der Waals surface area contributed by atoms with Crippen LogP contribution in [0.1, 0.15) is 27.9 Å². The maximum Gasteiger partial charge on any atom is 0.251 e. The first-order valence-electron chi connectivity index (χ1n) is 9.74. The Hall–Kier alpha value is -2.53. The number of aryl methyl sites for hydroxylation is 1. The topological polar surface area (TPSA) is 55.8 Å². The van der Waals surface area contributed by atoms with E-state index in [9.17, 15) is 9.90 Å². The highest BCUT2D eigenvalue weighted by Gasteiger charge is 2.25. The van der Waals surface area contributed by atoms with Crippen LogP contribution in [0, 0.1) is 0 Å². The van der Waals surface area contributed by atoms with Gasteiger partial charge < -0.3 is 20.2 Å². The second kappa shape index (κ2) is 7.61.